The third kappa shape index (κ3) is 5.23. The van der Waals surface area contributed by atoms with Crippen molar-refractivity contribution in [2.45, 2.75) is 31.8 Å². The van der Waals surface area contributed by atoms with Crippen molar-refractivity contribution >= 4 is 27.3 Å². The highest BCUT2D eigenvalue weighted by atomic mass is 32.1. The molecule has 1 fully saturated rings. The maximum Gasteiger partial charge on any atom is 0.161 e. The molecule has 2 aromatic carbocycles. The highest BCUT2D eigenvalue weighted by Gasteiger charge is 2.25. The highest BCUT2D eigenvalue weighted by molar-refractivity contribution is 7.18. The van der Waals surface area contributed by atoms with Crippen LogP contribution in [-0.4, -0.2) is 60.2 Å². The minimum absolute atomic E-state index is 0.0299. The number of aromatic nitrogens is 1. The quantitative estimate of drug-likeness (QED) is 0.531. The minimum atomic E-state index is -0.619. The molecule has 1 N–H and O–H groups in total. The van der Waals surface area contributed by atoms with E-state index in [-0.39, 0.29) is 12.4 Å². The van der Waals surface area contributed by atoms with Gasteiger partial charge in [-0.15, -0.1) is 11.3 Å². The maximum atomic E-state index is 11.5. The number of Topliss-reactive ketones (excluding diaryl/α,β-unsaturated/α-hetero) is 1. The number of methoxy groups -OCH3 is 1. The van der Waals surface area contributed by atoms with E-state index in [1.54, 1.807) is 36.6 Å². The Morgan fingerprint density at radius 1 is 1.29 bits per heavy atom. The highest BCUT2D eigenvalue weighted by Crippen LogP contribution is 2.33. The summed E-state index contributed by atoms with van der Waals surface area (Å²) >= 11 is 1.78. The summed E-state index contributed by atoms with van der Waals surface area (Å²) in [4.78, 5) is 18.7. The molecule has 0 bridgehead atoms. The van der Waals surface area contributed by atoms with Gasteiger partial charge >= 0.3 is 0 Å². The van der Waals surface area contributed by atoms with E-state index in [1.807, 2.05) is 6.07 Å². The molecule has 0 saturated carbocycles. The second-order valence-corrected chi connectivity index (χ2v) is 9.07. The predicted molar refractivity (Wildman–Crippen MR) is 123 cm³/mol. The van der Waals surface area contributed by atoms with Crippen LogP contribution >= 0.6 is 11.3 Å². The Morgan fingerprint density at radius 2 is 2.13 bits per heavy atom. The number of fused-ring (bicyclic) bond motifs is 1. The number of ketones is 1. The number of thiazole rings is 1. The van der Waals surface area contributed by atoms with Crippen molar-refractivity contribution < 1.29 is 19.4 Å². The number of piperidine rings is 1. The minimum Gasteiger partial charge on any atom is -0.493 e. The van der Waals surface area contributed by atoms with Gasteiger partial charge in [0.1, 0.15) is 12.7 Å². The maximum absolute atomic E-state index is 11.5. The lowest BCUT2D eigenvalue weighted by Crippen LogP contribution is -2.41. The average Bonchev–Trinajstić information content (AvgIpc) is 3.22. The summed E-state index contributed by atoms with van der Waals surface area (Å²) < 4.78 is 12.4. The van der Waals surface area contributed by atoms with Crippen LogP contribution in [0.4, 0.5) is 0 Å². The van der Waals surface area contributed by atoms with E-state index in [9.17, 15) is 9.90 Å². The number of likely N-dealkylation sites (tertiary alicyclic amines) is 1. The van der Waals surface area contributed by atoms with E-state index in [0.717, 1.165) is 31.4 Å². The molecule has 3 aromatic rings. The second kappa shape index (κ2) is 9.77. The fourth-order valence-corrected chi connectivity index (χ4v) is 5.12. The third-order valence-electron chi connectivity index (χ3n) is 5.64. The lowest BCUT2D eigenvalue weighted by molar-refractivity contribution is 0.0575. The number of carbonyl (C=O) groups excluding carboxylic acids is 1. The van der Waals surface area contributed by atoms with Crippen LogP contribution in [0.15, 0.2) is 42.5 Å². The zero-order valence-electron chi connectivity index (χ0n) is 17.9. The molecule has 6 nitrogen and oxygen atoms in total. The molecule has 1 aliphatic heterocycles. The van der Waals surface area contributed by atoms with E-state index in [2.05, 4.69) is 23.1 Å². The number of rotatable bonds is 8. The number of carbonyl (C=O) groups is 1. The molecule has 4 rings (SSSR count). The summed E-state index contributed by atoms with van der Waals surface area (Å²) in [6, 6.07) is 13.3. The van der Waals surface area contributed by atoms with Gasteiger partial charge in [0.15, 0.2) is 17.3 Å². The predicted octanol–water partition coefficient (Wildman–Crippen LogP) is 4.13. The van der Waals surface area contributed by atoms with Gasteiger partial charge in [0, 0.05) is 24.6 Å². The van der Waals surface area contributed by atoms with Crippen molar-refractivity contribution in [2.24, 2.45) is 0 Å². The van der Waals surface area contributed by atoms with Gasteiger partial charge in [-0.05, 0) is 56.6 Å². The molecule has 0 aliphatic carbocycles. The summed E-state index contributed by atoms with van der Waals surface area (Å²) in [6.07, 6.45) is 1.60. The van der Waals surface area contributed by atoms with Crippen LogP contribution in [0.25, 0.3) is 10.2 Å². The molecule has 1 aliphatic rings. The topological polar surface area (TPSA) is 71.9 Å². The summed E-state index contributed by atoms with van der Waals surface area (Å²) in [5.41, 5.74) is 1.64. The number of hydrogen-bond acceptors (Lipinski definition) is 7. The van der Waals surface area contributed by atoms with Crippen LogP contribution in [0.2, 0.25) is 0 Å². The first kappa shape index (κ1) is 21.7. The number of benzene rings is 2. The Kier molecular flexibility index (Phi) is 6.85. The van der Waals surface area contributed by atoms with E-state index >= 15 is 0 Å². The van der Waals surface area contributed by atoms with Gasteiger partial charge in [0.25, 0.3) is 0 Å². The van der Waals surface area contributed by atoms with Gasteiger partial charge in [-0.2, -0.15) is 0 Å². The zero-order chi connectivity index (χ0) is 21.8. The van der Waals surface area contributed by atoms with Gasteiger partial charge < -0.3 is 14.6 Å². The first-order chi connectivity index (χ1) is 15.0. The number of nitrogens with zero attached hydrogens (tertiary/aromatic N) is 2. The molecule has 2 atom stereocenters. The Hall–Kier alpha value is -2.48. The number of aliphatic hydroxyl groups excluding tert-OH is 1. The standard InChI is InChI=1S/C24H28N2O4S/c1-16(27)17-9-10-21(22(12-17)29-2)30-15-19(28)14-26-11-5-6-18(13-26)24-25-20-7-3-4-8-23(20)31-24/h3-4,7-10,12,18-19,28H,5-6,11,13-15H2,1-2H3/t18-,19+/m0/s1. The molecule has 164 valence electrons. The fraction of sp³-hybridized carbons (Fsp3) is 0.417. The normalized spacial score (nSPS) is 18.1. The molecule has 0 amide bonds. The zero-order valence-corrected chi connectivity index (χ0v) is 18.7. The second-order valence-electron chi connectivity index (χ2n) is 8.01. The Labute approximate surface area is 186 Å². The molecular formula is C24H28N2O4S. The average molecular weight is 441 g/mol. The number of ether oxygens (including phenoxy) is 2. The van der Waals surface area contributed by atoms with E-state index in [4.69, 9.17) is 14.5 Å². The monoisotopic (exact) mass is 440 g/mol. The molecular weight excluding hydrogens is 412 g/mol. The number of hydrogen-bond donors (Lipinski definition) is 1. The molecule has 0 unspecified atom stereocenters. The van der Waals surface area contributed by atoms with E-state index in [1.165, 1.54) is 16.6 Å². The number of β-amino-alcohol motifs (C(OH)–C–C–N with tert-alkyl or cyclic N) is 1. The van der Waals surface area contributed by atoms with Gasteiger partial charge in [-0.25, -0.2) is 4.98 Å². The third-order valence-corrected chi connectivity index (χ3v) is 6.83. The van der Waals surface area contributed by atoms with E-state index < -0.39 is 6.10 Å². The Balaban J connectivity index is 1.33. The molecule has 0 spiro atoms. The number of aliphatic hydroxyl groups is 1. The molecule has 1 saturated heterocycles. The van der Waals surface area contributed by atoms with Crippen molar-refractivity contribution in [3.63, 3.8) is 0 Å². The SMILES string of the molecule is COc1cc(C(C)=O)ccc1OC[C@H](O)CN1CCC[C@H](c2nc3ccccc3s2)C1. The largest absolute Gasteiger partial charge is 0.493 e. The van der Waals surface area contributed by atoms with Crippen molar-refractivity contribution in [3.05, 3.63) is 53.0 Å². The van der Waals surface area contributed by atoms with Gasteiger partial charge in [0.2, 0.25) is 0 Å². The van der Waals surface area contributed by atoms with E-state index in [0.29, 0.717) is 29.5 Å². The van der Waals surface area contributed by atoms with Gasteiger partial charge in [0.05, 0.1) is 22.3 Å². The first-order valence-corrected chi connectivity index (χ1v) is 11.4. The lowest BCUT2D eigenvalue weighted by Gasteiger charge is -2.33. The van der Waals surface area contributed by atoms with Crippen LogP contribution < -0.4 is 9.47 Å². The molecule has 7 heteroatoms. The van der Waals surface area contributed by atoms with Crippen LogP contribution in [-0.2, 0) is 0 Å². The van der Waals surface area contributed by atoms with Crippen molar-refractivity contribution in [2.75, 3.05) is 33.4 Å². The summed E-state index contributed by atoms with van der Waals surface area (Å²) in [5, 5.41) is 11.8. The fourth-order valence-electron chi connectivity index (χ4n) is 4.03. The van der Waals surface area contributed by atoms with Gasteiger partial charge in [-0.3, -0.25) is 9.69 Å². The summed E-state index contributed by atoms with van der Waals surface area (Å²) in [7, 11) is 1.54. The van der Waals surface area contributed by atoms with Gasteiger partial charge in [-0.1, -0.05) is 12.1 Å². The molecule has 0 radical (unpaired) electrons. The molecule has 1 aromatic heterocycles. The summed E-state index contributed by atoms with van der Waals surface area (Å²) in [6.45, 7) is 4.09. The summed E-state index contributed by atoms with van der Waals surface area (Å²) in [5.74, 6) is 1.39. The van der Waals surface area contributed by atoms with Crippen LogP contribution in [0.1, 0.15) is 41.0 Å². The van der Waals surface area contributed by atoms with Crippen LogP contribution in [0, 0.1) is 0 Å². The molecule has 2 heterocycles. The van der Waals surface area contributed by atoms with Crippen molar-refractivity contribution in [1.82, 2.24) is 9.88 Å². The Bertz CT molecular complexity index is 1020. The van der Waals surface area contributed by atoms with Crippen LogP contribution in [0.3, 0.4) is 0 Å². The van der Waals surface area contributed by atoms with Crippen LogP contribution in [0.5, 0.6) is 11.5 Å². The van der Waals surface area contributed by atoms with Crippen molar-refractivity contribution in [1.29, 1.82) is 0 Å². The first-order valence-electron chi connectivity index (χ1n) is 10.6. The Morgan fingerprint density at radius 3 is 2.90 bits per heavy atom. The number of para-hydroxylation sites is 1. The molecule has 31 heavy (non-hydrogen) atoms. The van der Waals surface area contributed by atoms with Crippen molar-refractivity contribution in [3.8, 4) is 11.5 Å². The smallest absolute Gasteiger partial charge is 0.161 e. The lowest BCUT2D eigenvalue weighted by atomic mass is 9.98.